The molecule has 0 radical (unpaired) electrons. The van der Waals surface area contributed by atoms with Crippen molar-refractivity contribution in [2.24, 2.45) is 5.92 Å². The number of benzene rings is 2. The fourth-order valence-electron chi connectivity index (χ4n) is 3.46. The van der Waals surface area contributed by atoms with E-state index in [1.165, 1.54) is 11.3 Å². The van der Waals surface area contributed by atoms with Crippen molar-refractivity contribution in [2.75, 3.05) is 31.3 Å². The number of carbonyl (C=O) groups excluding carboxylic acids is 3. The van der Waals surface area contributed by atoms with Gasteiger partial charge in [0.05, 0.1) is 0 Å². The van der Waals surface area contributed by atoms with Crippen LogP contribution in [0.4, 0.5) is 11.4 Å². The second-order valence-electron chi connectivity index (χ2n) is 7.96. The molecular formula is C24H29N3O4. The molecule has 0 heterocycles. The summed E-state index contributed by atoms with van der Waals surface area (Å²) in [4.78, 5) is 38.1. The Hall–Kier alpha value is -3.35. The van der Waals surface area contributed by atoms with Gasteiger partial charge in [-0.25, -0.2) is 0 Å². The molecular weight excluding hydrogens is 394 g/mol. The lowest BCUT2D eigenvalue weighted by Crippen LogP contribution is -2.27. The third-order valence-corrected chi connectivity index (χ3v) is 5.34. The van der Waals surface area contributed by atoms with Gasteiger partial charge in [0, 0.05) is 37.0 Å². The number of anilines is 2. The van der Waals surface area contributed by atoms with Crippen molar-refractivity contribution < 1.29 is 19.1 Å². The van der Waals surface area contributed by atoms with Gasteiger partial charge in [0.25, 0.3) is 11.8 Å². The quantitative estimate of drug-likeness (QED) is 0.706. The molecule has 2 N–H and O–H groups in total. The van der Waals surface area contributed by atoms with E-state index in [9.17, 15) is 14.4 Å². The van der Waals surface area contributed by atoms with Crippen LogP contribution in [-0.4, -0.2) is 43.3 Å². The first-order valence-corrected chi connectivity index (χ1v) is 10.6. The first-order valence-electron chi connectivity index (χ1n) is 10.6. The SMILES string of the molecule is CN(C)C(=O)COc1ccc(NC(=O)c2cccc(NC(=O)C3CCCCC3)c2)cc1. The maximum atomic E-state index is 12.6. The number of nitrogens with one attached hydrogen (secondary N) is 2. The van der Waals surface area contributed by atoms with Gasteiger partial charge in [-0.05, 0) is 55.3 Å². The van der Waals surface area contributed by atoms with Crippen LogP contribution in [0.5, 0.6) is 5.75 Å². The summed E-state index contributed by atoms with van der Waals surface area (Å²) in [6.45, 7) is -0.0436. The maximum Gasteiger partial charge on any atom is 0.259 e. The molecule has 0 aliphatic heterocycles. The number of nitrogens with zero attached hydrogens (tertiary/aromatic N) is 1. The van der Waals surface area contributed by atoms with Crippen LogP contribution in [0.15, 0.2) is 48.5 Å². The molecule has 7 heteroatoms. The maximum absolute atomic E-state index is 12.6. The molecule has 0 spiro atoms. The molecule has 0 bridgehead atoms. The highest BCUT2D eigenvalue weighted by Crippen LogP contribution is 2.25. The first-order chi connectivity index (χ1) is 14.9. The standard InChI is InChI=1S/C24H29N3O4/c1-27(2)22(28)16-31-21-13-11-19(12-14-21)25-24(30)18-9-6-10-20(15-18)26-23(29)17-7-4-3-5-8-17/h6,9-15,17H,3-5,7-8,16H2,1-2H3,(H,25,30)(H,26,29). The van der Waals surface area contributed by atoms with Crippen molar-refractivity contribution in [3.8, 4) is 5.75 Å². The summed E-state index contributed by atoms with van der Waals surface area (Å²) in [6.07, 6.45) is 5.23. The molecule has 2 aromatic rings. The average Bonchev–Trinajstić information content (AvgIpc) is 2.79. The smallest absolute Gasteiger partial charge is 0.259 e. The average molecular weight is 424 g/mol. The normalized spacial score (nSPS) is 13.9. The summed E-state index contributed by atoms with van der Waals surface area (Å²) in [5, 5.41) is 5.77. The Morgan fingerprint density at radius 3 is 2.32 bits per heavy atom. The largest absolute Gasteiger partial charge is 0.484 e. The Labute approximate surface area is 182 Å². The lowest BCUT2D eigenvalue weighted by Gasteiger charge is -2.20. The van der Waals surface area contributed by atoms with Crippen molar-refractivity contribution >= 4 is 29.1 Å². The molecule has 0 aromatic heterocycles. The lowest BCUT2D eigenvalue weighted by molar-refractivity contribution is -0.130. The topological polar surface area (TPSA) is 87.7 Å². The summed E-state index contributed by atoms with van der Waals surface area (Å²) in [7, 11) is 3.33. The number of rotatable bonds is 7. The number of amides is 3. The van der Waals surface area contributed by atoms with E-state index in [0.29, 0.717) is 22.7 Å². The number of carbonyl (C=O) groups is 3. The van der Waals surface area contributed by atoms with Crippen molar-refractivity contribution in [1.82, 2.24) is 4.90 Å². The monoisotopic (exact) mass is 423 g/mol. The van der Waals surface area contributed by atoms with Gasteiger partial charge in [-0.15, -0.1) is 0 Å². The van der Waals surface area contributed by atoms with Crippen LogP contribution in [0.3, 0.4) is 0 Å². The molecule has 0 unspecified atom stereocenters. The van der Waals surface area contributed by atoms with Crippen LogP contribution in [0, 0.1) is 5.92 Å². The zero-order valence-electron chi connectivity index (χ0n) is 18.0. The Balaban J connectivity index is 1.56. The molecule has 2 aromatic carbocycles. The first kappa shape index (κ1) is 22.3. The van der Waals surface area contributed by atoms with Gasteiger partial charge >= 0.3 is 0 Å². The second-order valence-corrected chi connectivity index (χ2v) is 7.96. The molecule has 0 atom stereocenters. The van der Waals surface area contributed by atoms with Crippen molar-refractivity contribution in [1.29, 1.82) is 0 Å². The predicted molar refractivity (Wildman–Crippen MR) is 120 cm³/mol. The second kappa shape index (κ2) is 10.6. The fourth-order valence-corrected chi connectivity index (χ4v) is 3.46. The highest BCUT2D eigenvalue weighted by molar-refractivity contribution is 6.05. The van der Waals surface area contributed by atoms with Gasteiger partial charge in [0.2, 0.25) is 5.91 Å². The molecule has 1 aliphatic rings. The molecule has 164 valence electrons. The molecule has 7 nitrogen and oxygen atoms in total. The van der Waals surface area contributed by atoms with Gasteiger partial charge < -0.3 is 20.3 Å². The molecule has 1 fully saturated rings. The number of ether oxygens (including phenoxy) is 1. The van der Waals surface area contributed by atoms with E-state index in [1.807, 2.05) is 0 Å². The van der Waals surface area contributed by atoms with E-state index in [-0.39, 0.29) is 30.2 Å². The van der Waals surface area contributed by atoms with E-state index in [4.69, 9.17) is 4.74 Å². The third-order valence-electron chi connectivity index (χ3n) is 5.34. The lowest BCUT2D eigenvalue weighted by atomic mass is 9.88. The molecule has 1 aliphatic carbocycles. The van der Waals surface area contributed by atoms with Crippen molar-refractivity contribution in [3.05, 3.63) is 54.1 Å². The van der Waals surface area contributed by atoms with E-state index in [1.54, 1.807) is 62.6 Å². The van der Waals surface area contributed by atoms with Crippen LogP contribution >= 0.6 is 0 Å². The Morgan fingerprint density at radius 2 is 1.65 bits per heavy atom. The highest BCUT2D eigenvalue weighted by Gasteiger charge is 2.21. The minimum Gasteiger partial charge on any atom is -0.484 e. The fraction of sp³-hybridized carbons (Fsp3) is 0.375. The van der Waals surface area contributed by atoms with Gasteiger partial charge in [-0.2, -0.15) is 0 Å². The highest BCUT2D eigenvalue weighted by atomic mass is 16.5. The minimum atomic E-state index is -0.273. The summed E-state index contributed by atoms with van der Waals surface area (Å²) in [5.74, 6) is 0.222. The third kappa shape index (κ3) is 6.57. The van der Waals surface area contributed by atoms with E-state index in [2.05, 4.69) is 10.6 Å². The van der Waals surface area contributed by atoms with Crippen molar-refractivity contribution in [3.63, 3.8) is 0 Å². The van der Waals surface area contributed by atoms with Gasteiger partial charge in [-0.1, -0.05) is 25.3 Å². The Morgan fingerprint density at radius 1 is 0.935 bits per heavy atom. The Bertz CT molecular complexity index is 919. The molecule has 3 amide bonds. The van der Waals surface area contributed by atoms with E-state index < -0.39 is 0 Å². The van der Waals surface area contributed by atoms with Crippen LogP contribution in [0.2, 0.25) is 0 Å². The Kier molecular flexibility index (Phi) is 7.65. The predicted octanol–water partition coefficient (Wildman–Crippen LogP) is 3.92. The molecule has 31 heavy (non-hydrogen) atoms. The van der Waals surface area contributed by atoms with Gasteiger partial charge in [0.15, 0.2) is 6.61 Å². The van der Waals surface area contributed by atoms with Crippen LogP contribution < -0.4 is 15.4 Å². The van der Waals surface area contributed by atoms with Crippen LogP contribution in [0.25, 0.3) is 0 Å². The summed E-state index contributed by atoms with van der Waals surface area (Å²) >= 11 is 0. The van der Waals surface area contributed by atoms with Crippen LogP contribution in [-0.2, 0) is 9.59 Å². The van der Waals surface area contributed by atoms with Crippen molar-refractivity contribution in [2.45, 2.75) is 32.1 Å². The summed E-state index contributed by atoms with van der Waals surface area (Å²) in [6, 6.07) is 13.7. The number of likely N-dealkylation sites (N-methyl/N-ethyl adjacent to an activating group) is 1. The van der Waals surface area contributed by atoms with Crippen LogP contribution in [0.1, 0.15) is 42.5 Å². The summed E-state index contributed by atoms with van der Waals surface area (Å²) < 4.78 is 5.43. The van der Waals surface area contributed by atoms with E-state index >= 15 is 0 Å². The molecule has 3 rings (SSSR count). The number of hydrogen-bond donors (Lipinski definition) is 2. The van der Waals surface area contributed by atoms with Gasteiger partial charge in [-0.3, -0.25) is 14.4 Å². The molecule has 0 saturated heterocycles. The summed E-state index contributed by atoms with van der Waals surface area (Å²) in [5.41, 5.74) is 1.68. The zero-order chi connectivity index (χ0) is 22.2. The number of hydrogen-bond acceptors (Lipinski definition) is 4. The minimum absolute atomic E-state index is 0.0283. The van der Waals surface area contributed by atoms with E-state index in [0.717, 1.165) is 25.7 Å². The van der Waals surface area contributed by atoms with Gasteiger partial charge in [0.1, 0.15) is 5.75 Å². The molecule has 1 saturated carbocycles. The zero-order valence-corrected chi connectivity index (χ0v) is 18.0.